The van der Waals surface area contributed by atoms with Crippen LogP contribution in [0.5, 0.6) is 11.5 Å². The summed E-state index contributed by atoms with van der Waals surface area (Å²) in [4.78, 5) is 19.0. The molecule has 0 radical (unpaired) electrons. The Hall–Kier alpha value is -4.08. The van der Waals surface area contributed by atoms with Gasteiger partial charge in [0.25, 0.3) is 0 Å². The van der Waals surface area contributed by atoms with Crippen LogP contribution in [0.1, 0.15) is 12.8 Å². The average molecular weight is 547 g/mol. The number of hydrogen-bond acceptors (Lipinski definition) is 8. The van der Waals surface area contributed by atoms with Gasteiger partial charge in [-0.15, -0.1) is 0 Å². The zero-order valence-electron chi connectivity index (χ0n) is 21.6. The van der Waals surface area contributed by atoms with E-state index in [2.05, 4.69) is 37.2 Å². The summed E-state index contributed by atoms with van der Waals surface area (Å²) in [6, 6.07) is 16.1. The van der Waals surface area contributed by atoms with Gasteiger partial charge >= 0.3 is 0 Å². The third kappa shape index (κ3) is 6.50. The van der Waals surface area contributed by atoms with Crippen molar-refractivity contribution in [3.05, 3.63) is 84.3 Å². The fourth-order valence-corrected chi connectivity index (χ4v) is 4.51. The van der Waals surface area contributed by atoms with Gasteiger partial charge in [-0.3, -0.25) is 0 Å². The highest BCUT2D eigenvalue weighted by Crippen LogP contribution is 2.36. The molecular weight excluding hydrogens is 519 g/mol. The van der Waals surface area contributed by atoms with E-state index in [0.717, 1.165) is 42.2 Å². The van der Waals surface area contributed by atoms with E-state index >= 15 is 0 Å². The number of piperidine rings is 1. The number of aromatic nitrogens is 4. The number of ether oxygens (including phenoxy) is 2. The summed E-state index contributed by atoms with van der Waals surface area (Å²) in [6.45, 7) is 2.00. The minimum atomic E-state index is -0.469. The summed E-state index contributed by atoms with van der Waals surface area (Å²) in [7, 11) is 3.73. The van der Waals surface area contributed by atoms with E-state index in [4.69, 9.17) is 21.1 Å². The molecule has 3 heterocycles. The highest BCUT2D eigenvalue weighted by Gasteiger charge is 2.21. The number of nitrogens with zero attached hydrogens (tertiary/aromatic N) is 5. The molecule has 8 nitrogen and oxygen atoms in total. The monoisotopic (exact) mass is 546 g/mol. The lowest BCUT2D eigenvalue weighted by molar-refractivity contribution is 0.111. The van der Waals surface area contributed by atoms with E-state index in [9.17, 15) is 4.39 Å². The summed E-state index contributed by atoms with van der Waals surface area (Å²) in [6.07, 6.45) is 6.89. The van der Waals surface area contributed by atoms with Crippen LogP contribution in [0.3, 0.4) is 0 Å². The van der Waals surface area contributed by atoms with Gasteiger partial charge in [0.1, 0.15) is 30.4 Å². The fraction of sp³-hybridized carbons (Fsp3) is 0.241. The second kappa shape index (κ2) is 12.2. The molecule has 5 aromatic rings. The summed E-state index contributed by atoms with van der Waals surface area (Å²) in [5.74, 6) is 1.40. The van der Waals surface area contributed by atoms with Crippen molar-refractivity contribution in [1.29, 1.82) is 0 Å². The first-order valence-corrected chi connectivity index (χ1v) is 12.9. The highest BCUT2D eigenvalue weighted by atomic mass is 35.5. The van der Waals surface area contributed by atoms with Crippen LogP contribution in [0, 0.1) is 5.82 Å². The predicted octanol–water partition coefficient (Wildman–Crippen LogP) is 6.28. The van der Waals surface area contributed by atoms with Crippen LogP contribution in [0.25, 0.3) is 21.8 Å². The molecule has 0 unspecified atom stereocenters. The van der Waals surface area contributed by atoms with Crippen molar-refractivity contribution in [2.45, 2.75) is 18.9 Å². The number of para-hydroxylation sites is 1. The maximum absolute atomic E-state index is 13.5. The van der Waals surface area contributed by atoms with Gasteiger partial charge in [-0.2, -0.15) is 0 Å². The SMILES string of the molecule is COc1cc2ncnc(Nc3ccc(F)c(Cl)c3)c2cc1OC1CCN(C)CC1.c1ccc2ncncc2c1. The standard InChI is InChI=1S/C21H22ClFN4O2.C8H6N2/c1-27-7-5-14(6-8-27)29-20-10-15-18(11-19(20)28-2)24-12-25-21(15)26-13-3-4-17(23)16(22)9-13;1-2-4-8-7(3-1)5-9-6-10-8/h3-4,9-12,14H,5-8H2,1-2H3,(H,24,25,26);1-6H. The van der Waals surface area contributed by atoms with E-state index in [0.29, 0.717) is 28.5 Å². The molecule has 1 N–H and O–H groups in total. The number of nitrogens with one attached hydrogen (secondary N) is 1. The van der Waals surface area contributed by atoms with E-state index in [1.807, 2.05) is 42.6 Å². The van der Waals surface area contributed by atoms with Gasteiger partial charge in [0.15, 0.2) is 11.5 Å². The molecular formula is C29H28ClFN6O2. The molecule has 10 heteroatoms. The molecule has 3 aromatic carbocycles. The lowest BCUT2D eigenvalue weighted by Gasteiger charge is -2.29. The molecule has 0 atom stereocenters. The Morgan fingerprint density at radius 3 is 2.51 bits per heavy atom. The molecule has 0 amide bonds. The maximum atomic E-state index is 13.5. The van der Waals surface area contributed by atoms with Gasteiger partial charge in [0.2, 0.25) is 0 Å². The van der Waals surface area contributed by atoms with E-state index in [1.54, 1.807) is 19.5 Å². The third-order valence-electron chi connectivity index (χ3n) is 6.48. The minimum absolute atomic E-state index is 0.0429. The first kappa shape index (κ1) is 26.5. The second-order valence-electron chi connectivity index (χ2n) is 9.20. The smallest absolute Gasteiger partial charge is 0.162 e. The van der Waals surface area contributed by atoms with Crippen molar-refractivity contribution in [2.75, 3.05) is 32.6 Å². The molecule has 39 heavy (non-hydrogen) atoms. The lowest BCUT2D eigenvalue weighted by Crippen LogP contribution is -2.35. The first-order chi connectivity index (χ1) is 19.0. The molecule has 2 aromatic heterocycles. The van der Waals surface area contributed by atoms with Gasteiger partial charge in [-0.25, -0.2) is 24.3 Å². The van der Waals surface area contributed by atoms with Crippen molar-refractivity contribution in [3.63, 3.8) is 0 Å². The summed E-state index contributed by atoms with van der Waals surface area (Å²) >= 11 is 5.89. The van der Waals surface area contributed by atoms with Crippen molar-refractivity contribution >= 4 is 44.9 Å². The van der Waals surface area contributed by atoms with Gasteiger partial charge in [-0.05, 0) is 50.2 Å². The van der Waals surface area contributed by atoms with Crippen LogP contribution in [0.15, 0.2) is 73.4 Å². The third-order valence-corrected chi connectivity index (χ3v) is 6.77. The Morgan fingerprint density at radius 1 is 0.949 bits per heavy atom. The molecule has 6 rings (SSSR count). The van der Waals surface area contributed by atoms with Crippen molar-refractivity contribution in [3.8, 4) is 11.5 Å². The van der Waals surface area contributed by atoms with Crippen LogP contribution < -0.4 is 14.8 Å². The molecule has 0 saturated carbocycles. The number of likely N-dealkylation sites (tertiary alicyclic amines) is 1. The molecule has 1 aliphatic heterocycles. The molecule has 0 spiro atoms. The minimum Gasteiger partial charge on any atom is -0.493 e. The van der Waals surface area contributed by atoms with Gasteiger partial charge in [0.05, 0.1) is 23.2 Å². The van der Waals surface area contributed by atoms with Crippen molar-refractivity contribution < 1.29 is 13.9 Å². The predicted molar refractivity (Wildman–Crippen MR) is 151 cm³/mol. The largest absolute Gasteiger partial charge is 0.493 e. The fourth-order valence-electron chi connectivity index (χ4n) is 4.33. The molecule has 1 aliphatic rings. The van der Waals surface area contributed by atoms with Crippen LogP contribution >= 0.6 is 11.6 Å². The zero-order valence-corrected chi connectivity index (χ0v) is 22.4. The number of fused-ring (bicyclic) bond motifs is 2. The second-order valence-corrected chi connectivity index (χ2v) is 9.61. The van der Waals surface area contributed by atoms with Crippen molar-refractivity contribution in [1.82, 2.24) is 24.8 Å². The summed E-state index contributed by atoms with van der Waals surface area (Å²) in [5.41, 5.74) is 2.34. The van der Waals surface area contributed by atoms with Crippen LogP contribution in [-0.2, 0) is 0 Å². The maximum Gasteiger partial charge on any atom is 0.162 e. The number of hydrogen-bond donors (Lipinski definition) is 1. The summed E-state index contributed by atoms with van der Waals surface area (Å²) < 4.78 is 25.3. The zero-order chi connectivity index (χ0) is 27.2. The lowest BCUT2D eigenvalue weighted by atomic mass is 10.1. The number of halogens is 2. The summed E-state index contributed by atoms with van der Waals surface area (Å²) in [5, 5.41) is 5.09. The molecule has 0 bridgehead atoms. The Balaban J connectivity index is 0.000000257. The average Bonchev–Trinajstić information content (AvgIpc) is 2.96. The van der Waals surface area contributed by atoms with Crippen LogP contribution in [0.2, 0.25) is 5.02 Å². The topological polar surface area (TPSA) is 85.3 Å². The molecule has 1 saturated heterocycles. The number of rotatable bonds is 5. The Kier molecular flexibility index (Phi) is 8.29. The highest BCUT2D eigenvalue weighted by molar-refractivity contribution is 6.31. The van der Waals surface area contributed by atoms with E-state index < -0.39 is 5.82 Å². The normalized spacial score (nSPS) is 14.1. The molecule has 1 fully saturated rings. The van der Waals surface area contributed by atoms with Crippen molar-refractivity contribution in [2.24, 2.45) is 0 Å². The van der Waals surface area contributed by atoms with Crippen LogP contribution in [0.4, 0.5) is 15.9 Å². The number of methoxy groups -OCH3 is 1. The van der Waals surface area contributed by atoms with Gasteiger partial charge < -0.3 is 19.7 Å². The first-order valence-electron chi connectivity index (χ1n) is 12.5. The van der Waals surface area contributed by atoms with E-state index in [1.165, 1.54) is 18.5 Å². The number of anilines is 2. The van der Waals surface area contributed by atoms with Gasteiger partial charge in [0, 0.05) is 41.8 Å². The quantitative estimate of drug-likeness (QED) is 0.276. The molecule has 200 valence electrons. The van der Waals surface area contributed by atoms with Gasteiger partial charge in [-0.1, -0.05) is 29.8 Å². The van der Waals surface area contributed by atoms with Crippen LogP contribution in [-0.4, -0.2) is 58.2 Å². The molecule has 0 aliphatic carbocycles. The van der Waals surface area contributed by atoms with E-state index in [-0.39, 0.29) is 11.1 Å². The Bertz CT molecular complexity index is 1510. The Labute approximate surface area is 230 Å². The Morgan fingerprint density at radius 2 is 1.74 bits per heavy atom. The number of benzene rings is 3.